The molecule has 15 atom stereocenters. The van der Waals surface area contributed by atoms with Gasteiger partial charge >= 0.3 is 5.97 Å². The fourth-order valence-electron chi connectivity index (χ4n) is 9.66. The van der Waals surface area contributed by atoms with Crippen molar-refractivity contribution in [3.05, 3.63) is 99.3 Å². The molecule has 4 aromatic rings. The molecule has 2 aliphatic heterocycles. The van der Waals surface area contributed by atoms with E-state index in [0.29, 0.717) is 37.6 Å². The number of nitrogens with two attached hydrogens (primary N) is 1. The molecular weight excluding hydrogens is 1350 g/mol. The monoisotopic (exact) mass is 1420 g/mol. The van der Waals surface area contributed by atoms with Crippen molar-refractivity contribution >= 4 is 120 Å². The van der Waals surface area contributed by atoms with Gasteiger partial charge in [0.25, 0.3) is 0 Å². The Morgan fingerprint density at radius 3 is 2.09 bits per heavy atom. The Kier molecular flexibility index (Phi) is 28.7. The first-order chi connectivity index (χ1) is 42.9. The van der Waals surface area contributed by atoms with Crippen LogP contribution in [0.4, 0.5) is 0 Å². The van der Waals surface area contributed by atoms with Gasteiger partial charge in [0, 0.05) is 60.0 Å². The Balaban J connectivity index is 1.40. The molecule has 2 aliphatic rings. The number of rotatable bonds is 23. The summed E-state index contributed by atoms with van der Waals surface area (Å²) in [5.74, 6) is -10.3. The molecule has 492 valence electrons. The second kappa shape index (κ2) is 35.5. The predicted molar refractivity (Wildman–Crippen MR) is 342 cm³/mol. The molecule has 2 fully saturated rings. The van der Waals surface area contributed by atoms with E-state index in [0.717, 1.165) is 40.3 Å². The summed E-state index contributed by atoms with van der Waals surface area (Å²) in [6.45, 7) is 1.79. The number of ether oxygens (including phenoxy) is 1. The number of phenols is 1. The maximum Gasteiger partial charge on any atom is 0.328 e. The molecule has 6 rings (SSSR count). The van der Waals surface area contributed by atoms with E-state index in [1.807, 2.05) is 22.6 Å². The molecule has 28 nitrogen and oxygen atoms in total. The number of carboxylic acids is 1. The maximum absolute atomic E-state index is 15.1. The van der Waals surface area contributed by atoms with E-state index < -0.39 is 162 Å². The van der Waals surface area contributed by atoms with Crippen molar-refractivity contribution in [2.45, 2.75) is 149 Å². The lowest BCUT2D eigenvalue weighted by molar-refractivity contribution is -0.205. The standard InChI is InChI=1S/C58H77IN10O18S3/c1-28(71)45-56(84)67-41(55(83)69-46(29(2)72)57(85)86)27-90-89-26-40(66-51(79)37(21-30-10-4-3-5-11-30)62-44(74)17-19-88-58-49(77)48(76)47(75)43(25-70)87-58)54(82)64-38(22-31-15-16-42(73)34(59)20-31)52(80)65-39(23-32-24-61-35-13-7-6-12-33(32)35)53(81)63-36(50(78)68-45)14-8-9-18-60/h3-7,10-13,15-16,20,24,28-29,36-41,43,45-49,58,61,70-73,75-77H,8-9,14,17-19,21-23,25-27,60H2,1-2H3,(H,62,74)(H,63,81)(H,64,82)(H,65,80)(H,66,79)(H,67,84)(H,68,78)(H,69,83)(H,85,86)/t28?,29?,36-,37?,38-,39+,40?,41-,43?,45-,46-,47+,48-,49?,58-/m0/s1. The third-order valence-corrected chi connectivity index (χ3v) is 19.2. The van der Waals surface area contributed by atoms with Crippen LogP contribution in [-0.2, 0) is 67.2 Å². The molecule has 0 radical (unpaired) electrons. The number of carbonyl (C=O) groups is 9. The molecule has 0 saturated carbocycles. The summed E-state index contributed by atoms with van der Waals surface area (Å²) in [6, 6.07) is 7.06. The van der Waals surface area contributed by atoms with Crippen LogP contribution in [0.3, 0.4) is 0 Å². The summed E-state index contributed by atoms with van der Waals surface area (Å²) in [6.07, 6.45) is -8.10. The van der Waals surface area contributed by atoms with Gasteiger partial charge in [-0.05, 0) is 97.1 Å². The third kappa shape index (κ3) is 21.1. The predicted octanol–water partition coefficient (Wildman–Crippen LogP) is -2.32. The Bertz CT molecular complexity index is 3120. The van der Waals surface area contributed by atoms with Gasteiger partial charge in [-0.2, -0.15) is 0 Å². The van der Waals surface area contributed by atoms with Crippen LogP contribution in [0.2, 0.25) is 0 Å². The molecule has 3 aromatic carbocycles. The van der Waals surface area contributed by atoms with Gasteiger partial charge < -0.3 is 98.8 Å². The largest absolute Gasteiger partial charge is 0.507 e. The number of aliphatic hydroxyl groups excluding tert-OH is 6. The van der Waals surface area contributed by atoms with Crippen LogP contribution in [0.1, 0.15) is 56.2 Å². The van der Waals surface area contributed by atoms with Crippen molar-refractivity contribution in [1.82, 2.24) is 47.5 Å². The van der Waals surface area contributed by atoms with Crippen LogP contribution < -0.4 is 48.3 Å². The van der Waals surface area contributed by atoms with Gasteiger partial charge in [0.05, 0.1) is 22.4 Å². The van der Waals surface area contributed by atoms with Crippen LogP contribution in [0.25, 0.3) is 10.9 Å². The maximum atomic E-state index is 15.1. The van der Waals surface area contributed by atoms with E-state index in [1.54, 1.807) is 66.9 Å². The number of carbonyl (C=O) groups excluding carboxylic acids is 8. The number of benzene rings is 3. The summed E-state index contributed by atoms with van der Waals surface area (Å²) < 4.78 is 5.94. The number of fused-ring (bicyclic) bond motifs is 1. The minimum Gasteiger partial charge on any atom is -0.507 e. The number of hydrogen-bond donors (Lipinski definition) is 18. The van der Waals surface area contributed by atoms with E-state index >= 15 is 9.59 Å². The molecule has 32 heteroatoms. The zero-order chi connectivity index (χ0) is 65.8. The molecule has 90 heavy (non-hydrogen) atoms. The number of unbranched alkanes of at least 4 members (excludes halogenated alkanes) is 1. The number of aromatic amines is 1. The summed E-state index contributed by atoms with van der Waals surface area (Å²) in [7, 11) is 1.69. The van der Waals surface area contributed by atoms with Crippen LogP contribution in [-0.4, -0.2) is 220 Å². The Morgan fingerprint density at radius 1 is 0.767 bits per heavy atom. The van der Waals surface area contributed by atoms with Gasteiger partial charge in [-0.15, -0.1) is 11.8 Å². The quantitative estimate of drug-likeness (QED) is 0.0211. The topological polar surface area (TPSA) is 463 Å². The number of hydrogen-bond acceptors (Lipinski definition) is 21. The van der Waals surface area contributed by atoms with Crippen molar-refractivity contribution in [2.75, 3.05) is 30.4 Å². The first kappa shape index (κ1) is 72.7. The van der Waals surface area contributed by atoms with Gasteiger partial charge in [0.2, 0.25) is 47.3 Å². The lowest BCUT2D eigenvalue weighted by Gasteiger charge is -2.39. The highest BCUT2D eigenvalue weighted by Gasteiger charge is 2.44. The van der Waals surface area contributed by atoms with Crippen molar-refractivity contribution < 1.29 is 88.7 Å². The number of para-hydroxylation sites is 1. The summed E-state index contributed by atoms with van der Waals surface area (Å²) >= 11 is 2.78. The minimum absolute atomic E-state index is 0.0555. The zero-order valence-electron chi connectivity index (χ0n) is 49.0. The van der Waals surface area contributed by atoms with Crippen molar-refractivity contribution in [3.63, 3.8) is 0 Å². The number of thioether (sulfide) groups is 1. The summed E-state index contributed by atoms with van der Waals surface area (Å²) in [5, 5.41) is 104. The van der Waals surface area contributed by atoms with E-state index in [4.69, 9.17) is 10.5 Å². The van der Waals surface area contributed by atoms with Crippen LogP contribution in [0.5, 0.6) is 5.75 Å². The van der Waals surface area contributed by atoms with Gasteiger partial charge in [-0.1, -0.05) is 76.2 Å². The average molecular weight is 1430 g/mol. The molecule has 0 aliphatic carbocycles. The average Bonchev–Trinajstić information content (AvgIpc) is 2.51. The number of aromatic hydroxyl groups is 1. The molecule has 2 saturated heterocycles. The summed E-state index contributed by atoms with van der Waals surface area (Å²) in [4.78, 5) is 132. The van der Waals surface area contributed by atoms with E-state index in [2.05, 4.69) is 47.5 Å². The van der Waals surface area contributed by atoms with Crippen molar-refractivity contribution in [2.24, 2.45) is 5.73 Å². The third-order valence-electron chi connectivity index (χ3n) is 14.7. The van der Waals surface area contributed by atoms with Gasteiger partial charge in [0.15, 0.2) is 6.04 Å². The molecule has 6 unspecified atom stereocenters. The smallest absolute Gasteiger partial charge is 0.328 e. The number of phenolic OH excluding ortho intramolecular Hbond substituents is 1. The minimum atomic E-state index is -1.89. The van der Waals surface area contributed by atoms with Crippen LogP contribution >= 0.6 is 55.9 Å². The highest BCUT2D eigenvalue weighted by Crippen LogP contribution is 2.30. The normalized spacial score (nSPS) is 25.6. The second-order valence-corrected chi connectivity index (χ2v) is 26.6. The van der Waals surface area contributed by atoms with Gasteiger partial charge in [-0.3, -0.25) is 38.4 Å². The highest BCUT2D eigenvalue weighted by atomic mass is 127. The lowest BCUT2D eigenvalue weighted by Crippen LogP contribution is -2.62. The molecule has 8 amide bonds. The molecule has 0 spiro atoms. The molecule has 0 bridgehead atoms. The molecule has 3 heterocycles. The zero-order valence-corrected chi connectivity index (χ0v) is 53.6. The molecule has 19 N–H and O–H groups in total. The Labute approximate surface area is 543 Å². The SMILES string of the molecule is CC(O)[C@H](NC(=O)[C@@H]1CSSCC(NC(=O)C(Cc2ccccc2)NC(=O)CCS[C@@H]2OC(CO)[C@@H](O)[C@H](O)C2O)C(=O)N[C@@H](Cc2ccc(O)c(I)c2)C(=O)N[C@H](Cc2c[nH]c3ccccc23)C(=O)N[C@@H](CCCCN)C(=O)N[C@@H](C(C)O)C(=O)N1)C(=O)O. The fourth-order valence-corrected chi connectivity index (χ4v) is 13.7. The Hall–Kier alpha value is -6.31. The van der Waals surface area contributed by atoms with E-state index in [1.165, 1.54) is 19.1 Å². The first-order valence-electron chi connectivity index (χ1n) is 28.8. The number of aliphatic carboxylic acids is 1. The molecule has 1 aromatic heterocycles. The van der Waals surface area contributed by atoms with Gasteiger partial charge in [-0.25, -0.2) is 4.79 Å². The lowest BCUT2D eigenvalue weighted by atomic mass is 10.0. The summed E-state index contributed by atoms with van der Waals surface area (Å²) in [5.41, 5.74) is 6.87. The Morgan fingerprint density at radius 2 is 1.42 bits per heavy atom. The number of carboxylic acid groups (broad SMARTS) is 1. The first-order valence-corrected chi connectivity index (χ1v) is 33.4. The van der Waals surface area contributed by atoms with E-state index in [-0.39, 0.29) is 56.6 Å². The van der Waals surface area contributed by atoms with Gasteiger partial charge in [0.1, 0.15) is 77.9 Å². The van der Waals surface area contributed by atoms with E-state index in [9.17, 15) is 74.4 Å². The number of halogens is 1. The van der Waals surface area contributed by atoms with Crippen LogP contribution in [0, 0.1) is 3.57 Å². The highest BCUT2D eigenvalue weighted by molar-refractivity contribution is 14.1. The van der Waals surface area contributed by atoms with Crippen molar-refractivity contribution in [3.8, 4) is 5.75 Å². The number of aliphatic hydroxyl groups is 6. The fraction of sp³-hybridized carbons (Fsp3) is 0.500. The number of amides is 8. The van der Waals surface area contributed by atoms with Crippen LogP contribution in [0.15, 0.2) is 79.0 Å². The van der Waals surface area contributed by atoms with Crippen molar-refractivity contribution in [1.29, 1.82) is 0 Å². The molecular formula is C58H77IN10O18S3. The second-order valence-electron chi connectivity index (χ2n) is 21.6. The number of H-pyrrole nitrogens is 1. The number of aromatic nitrogens is 1. The number of nitrogens with one attached hydrogen (secondary N) is 9.